The van der Waals surface area contributed by atoms with Gasteiger partial charge in [0, 0.05) is 27.6 Å². The van der Waals surface area contributed by atoms with Crippen LogP contribution in [0.2, 0.25) is 0 Å². The molecule has 2 N–H and O–H groups in total. The molecule has 2 heterocycles. The lowest BCUT2D eigenvalue weighted by atomic mass is 10.1. The molecule has 3 aromatic rings. The van der Waals surface area contributed by atoms with E-state index in [1.54, 1.807) is 57.6 Å². The van der Waals surface area contributed by atoms with Gasteiger partial charge in [0.2, 0.25) is 0 Å². The highest BCUT2D eigenvalue weighted by Crippen LogP contribution is 2.24. The number of ether oxygens (including phenoxy) is 2. The molecule has 1 unspecified atom stereocenters. The van der Waals surface area contributed by atoms with Crippen LogP contribution < -0.4 is 21.7 Å². The van der Waals surface area contributed by atoms with Gasteiger partial charge >= 0.3 is 11.7 Å². The van der Waals surface area contributed by atoms with Gasteiger partial charge < -0.3 is 14.0 Å². The molecule has 0 saturated carbocycles. The maximum Gasteiger partial charge on any atom is 0.366 e. The second-order valence-corrected chi connectivity index (χ2v) is 9.55. The zero-order valence-corrected chi connectivity index (χ0v) is 21.3. The number of carbonyl (C=O) groups excluding carboxylic acids is 1. The summed E-state index contributed by atoms with van der Waals surface area (Å²) >= 11 is 0. The van der Waals surface area contributed by atoms with E-state index in [1.807, 2.05) is 25.1 Å². The average Bonchev–Trinajstić information content (AvgIpc) is 3.11. The molecule has 2 aromatic heterocycles. The van der Waals surface area contributed by atoms with Crippen LogP contribution in [-0.4, -0.2) is 36.0 Å². The number of hydrogen-bond acceptors (Lipinski definition) is 7. The van der Waals surface area contributed by atoms with Crippen LogP contribution in [0.4, 0.5) is 0 Å². The number of aryl methyl sites for hydroxylation is 2. The molecule has 1 aromatic carbocycles. The van der Waals surface area contributed by atoms with E-state index in [9.17, 15) is 14.4 Å². The molecule has 0 bridgehead atoms. The highest BCUT2D eigenvalue weighted by atomic mass is 16.6. The van der Waals surface area contributed by atoms with E-state index in [1.165, 1.54) is 11.6 Å². The molecule has 0 radical (unpaired) electrons. The minimum atomic E-state index is -1.59. The van der Waals surface area contributed by atoms with Crippen molar-refractivity contribution in [3.63, 3.8) is 0 Å². The lowest BCUT2D eigenvalue weighted by Gasteiger charge is -2.31. The number of rotatable bonds is 7. The highest BCUT2D eigenvalue weighted by Gasteiger charge is 2.39. The van der Waals surface area contributed by atoms with Gasteiger partial charge in [-0.1, -0.05) is 31.6 Å². The molecule has 0 aliphatic heterocycles. The summed E-state index contributed by atoms with van der Waals surface area (Å²) in [5.74, 6) is 0.343. The van der Waals surface area contributed by atoms with Crippen molar-refractivity contribution in [2.24, 2.45) is 26.9 Å². The van der Waals surface area contributed by atoms with Crippen LogP contribution in [0, 0.1) is 0 Å². The van der Waals surface area contributed by atoms with Gasteiger partial charge in [-0.2, -0.15) is 0 Å². The minimum absolute atomic E-state index is 0.304. The van der Waals surface area contributed by atoms with E-state index in [2.05, 4.69) is 4.98 Å². The first-order valence-electron chi connectivity index (χ1n) is 11.4. The zero-order valence-electron chi connectivity index (χ0n) is 21.3. The van der Waals surface area contributed by atoms with Crippen molar-refractivity contribution < 1.29 is 14.3 Å². The summed E-state index contributed by atoms with van der Waals surface area (Å²) in [7, 11) is 4.75. The molecule has 188 valence electrons. The molecule has 0 amide bonds. The summed E-state index contributed by atoms with van der Waals surface area (Å²) in [4.78, 5) is 41.9. The molecular formula is C25H33N5O5. The Balaban J connectivity index is 1.84. The Morgan fingerprint density at radius 3 is 2.23 bits per heavy atom. The first kappa shape index (κ1) is 26.0. The summed E-state index contributed by atoms with van der Waals surface area (Å²) in [6.45, 7) is 7.25. The molecule has 0 aliphatic carbocycles. The van der Waals surface area contributed by atoms with Crippen LogP contribution in [0.5, 0.6) is 5.75 Å². The third-order valence-electron chi connectivity index (χ3n) is 5.48. The molecule has 3 rings (SSSR count). The quantitative estimate of drug-likeness (QED) is 0.404. The van der Waals surface area contributed by atoms with Gasteiger partial charge in [-0.25, -0.2) is 14.6 Å². The van der Waals surface area contributed by atoms with Gasteiger partial charge in [0.1, 0.15) is 17.2 Å². The van der Waals surface area contributed by atoms with E-state index in [-0.39, 0.29) is 0 Å². The first-order chi connectivity index (χ1) is 16.3. The molecule has 35 heavy (non-hydrogen) atoms. The van der Waals surface area contributed by atoms with Gasteiger partial charge in [-0.3, -0.25) is 19.7 Å². The monoisotopic (exact) mass is 483 g/mol. The van der Waals surface area contributed by atoms with E-state index >= 15 is 0 Å². The van der Waals surface area contributed by atoms with Gasteiger partial charge in [0.05, 0.1) is 0 Å². The van der Waals surface area contributed by atoms with E-state index in [4.69, 9.17) is 15.2 Å². The highest BCUT2D eigenvalue weighted by molar-refractivity contribution is 5.80. The van der Waals surface area contributed by atoms with Gasteiger partial charge in [0.15, 0.2) is 11.2 Å². The number of esters is 1. The normalized spacial score (nSPS) is 13.8. The second-order valence-electron chi connectivity index (χ2n) is 9.55. The molecule has 10 nitrogen and oxygen atoms in total. The van der Waals surface area contributed by atoms with Gasteiger partial charge in [-0.05, 0) is 44.5 Å². The molecule has 0 aliphatic rings. The molecule has 0 spiro atoms. The largest absolute Gasteiger partial charge is 0.462 e. The fourth-order valence-corrected chi connectivity index (χ4v) is 3.64. The Morgan fingerprint density at radius 1 is 1.03 bits per heavy atom. The number of nitrogens with two attached hydrogens (primary N) is 1. The fraction of sp³-hybridized carbons (Fsp3) is 0.440. The summed E-state index contributed by atoms with van der Waals surface area (Å²) in [6, 6.07) is 7.06. The van der Waals surface area contributed by atoms with Crippen molar-refractivity contribution in [1.82, 2.24) is 18.7 Å². The van der Waals surface area contributed by atoms with Gasteiger partial charge in [0.25, 0.3) is 11.3 Å². The lowest BCUT2D eigenvalue weighted by molar-refractivity contribution is -0.174. The number of imidazole rings is 1. The van der Waals surface area contributed by atoms with E-state index in [0.717, 1.165) is 10.1 Å². The van der Waals surface area contributed by atoms with Crippen molar-refractivity contribution in [2.75, 3.05) is 0 Å². The summed E-state index contributed by atoms with van der Waals surface area (Å²) in [5, 5.41) is 0. The maximum absolute atomic E-state index is 12.7. The summed E-state index contributed by atoms with van der Waals surface area (Å²) in [6.07, 6.45) is 4.52. The van der Waals surface area contributed by atoms with Crippen LogP contribution >= 0.6 is 0 Å². The molecule has 1 atom stereocenters. The number of carbonyl (C=O) groups is 1. The Hall–Kier alpha value is -3.66. The van der Waals surface area contributed by atoms with E-state index in [0.29, 0.717) is 35.6 Å². The summed E-state index contributed by atoms with van der Waals surface area (Å²) in [5.41, 5.74) is 4.68. The van der Waals surface area contributed by atoms with Crippen LogP contribution in [0.3, 0.4) is 0 Å². The van der Waals surface area contributed by atoms with Crippen molar-refractivity contribution >= 4 is 29.3 Å². The molecular weight excluding hydrogens is 450 g/mol. The standard InChI is InChI=1S/C25H33N5O5/c1-8-15-25(26,22(32)35-24(2,3)4)34-17-12-9-16(10-13-17)11-14-18-27-20-19(28(18)5)21(31)30(7)23(33)29(20)6/h9-14H,8,15,26H2,1-7H3. The third kappa shape index (κ3) is 5.37. The molecule has 0 saturated heterocycles. The molecule has 0 fully saturated rings. The molecule has 10 heteroatoms. The Morgan fingerprint density at radius 2 is 1.66 bits per heavy atom. The Labute approximate surface area is 203 Å². The van der Waals surface area contributed by atoms with Crippen LogP contribution in [-0.2, 0) is 30.7 Å². The third-order valence-corrected chi connectivity index (χ3v) is 5.48. The summed E-state index contributed by atoms with van der Waals surface area (Å²) < 4.78 is 15.4. The van der Waals surface area contributed by atoms with Crippen molar-refractivity contribution in [3.05, 3.63) is 56.5 Å². The number of nitrogens with zero attached hydrogens (tertiary/aromatic N) is 4. The topological polar surface area (TPSA) is 123 Å². The SMILES string of the molecule is CCCC(N)(Oc1ccc(C=Cc2nc3c(c(=O)n(C)c(=O)n3C)n2C)cc1)C(=O)OC(C)(C)C. The first-order valence-corrected chi connectivity index (χ1v) is 11.4. The van der Waals surface area contributed by atoms with Crippen molar-refractivity contribution in [2.45, 2.75) is 51.9 Å². The Bertz CT molecular complexity index is 1390. The Kier molecular flexibility index (Phi) is 7.07. The fourth-order valence-electron chi connectivity index (χ4n) is 3.64. The van der Waals surface area contributed by atoms with E-state index < -0.39 is 28.5 Å². The maximum atomic E-state index is 12.7. The minimum Gasteiger partial charge on any atom is -0.462 e. The number of aromatic nitrogens is 4. The van der Waals surface area contributed by atoms with Gasteiger partial charge in [-0.15, -0.1) is 0 Å². The van der Waals surface area contributed by atoms with Crippen LogP contribution in [0.25, 0.3) is 23.3 Å². The predicted molar refractivity (Wildman–Crippen MR) is 135 cm³/mol. The van der Waals surface area contributed by atoms with Crippen molar-refractivity contribution in [1.29, 1.82) is 0 Å². The average molecular weight is 484 g/mol. The second kappa shape index (κ2) is 9.53. The van der Waals surface area contributed by atoms with Crippen LogP contribution in [0.15, 0.2) is 33.9 Å². The lowest BCUT2D eigenvalue weighted by Crippen LogP contribution is -2.55. The number of benzene rings is 1. The van der Waals surface area contributed by atoms with Crippen molar-refractivity contribution in [3.8, 4) is 5.75 Å². The number of fused-ring (bicyclic) bond motifs is 1. The predicted octanol–water partition coefficient (Wildman–Crippen LogP) is 2.32. The number of hydrogen-bond donors (Lipinski definition) is 1. The zero-order chi connectivity index (χ0) is 26.1. The smallest absolute Gasteiger partial charge is 0.366 e. The van der Waals surface area contributed by atoms with Crippen LogP contribution in [0.1, 0.15) is 51.9 Å².